The molecule has 0 radical (unpaired) electrons. The highest BCUT2D eigenvalue weighted by molar-refractivity contribution is 9.10. The maximum atomic E-state index is 11.9. The van der Waals surface area contributed by atoms with E-state index in [1.807, 2.05) is 29.2 Å². The lowest BCUT2D eigenvalue weighted by molar-refractivity contribution is -0.130. The Kier molecular flexibility index (Phi) is 6.90. The van der Waals surface area contributed by atoms with Gasteiger partial charge in [-0.05, 0) is 37.0 Å². The topological polar surface area (TPSA) is 49.4 Å². The predicted octanol–water partition coefficient (Wildman–Crippen LogP) is 2.90. The van der Waals surface area contributed by atoms with Crippen LogP contribution < -0.4 is 5.32 Å². The fourth-order valence-electron chi connectivity index (χ4n) is 2.67. The molecule has 1 aliphatic heterocycles. The number of hydrogen-bond acceptors (Lipinski definition) is 2. The highest BCUT2D eigenvalue weighted by Crippen LogP contribution is 2.12. The molecular weight excluding hydrogens is 344 g/mol. The summed E-state index contributed by atoms with van der Waals surface area (Å²) in [4.78, 5) is 25.7. The maximum absolute atomic E-state index is 11.9. The largest absolute Gasteiger partial charge is 0.356 e. The Morgan fingerprint density at radius 2 is 2.14 bits per heavy atom. The van der Waals surface area contributed by atoms with Gasteiger partial charge in [0.05, 0.1) is 6.42 Å². The normalized spacial score (nSPS) is 15.5. The minimum absolute atomic E-state index is 0.0280. The third kappa shape index (κ3) is 5.79. The van der Waals surface area contributed by atoms with Gasteiger partial charge in [-0.15, -0.1) is 0 Å². The van der Waals surface area contributed by atoms with Crippen molar-refractivity contribution in [1.29, 1.82) is 0 Å². The van der Waals surface area contributed by atoms with Gasteiger partial charge in [-0.2, -0.15) is 0 Å². The van der Waals surface area contributed by atoms with Gasteiger partial charge in [-0.3, -0.25) is 9.59 Å². The molecule has 0 spiro atoms. The summed E-state index contributed by atoms with van der Waals surface area (Å²) < 4.78 is 0.984. The van der Waals surface area contributed by atoms with Crippen LogP contribution in [0, 0.1) is 0 Å². The molecule has 1 aliphatic rings. The number of benzene rings is 1. The molecule has 1 aromatic carbocycles. The lowest BCUT2D eigenvalue weighted by Gasteiger charge is -2.20. The Balaban J connectivity index is 1.65. The van der Waals surface area contributed by atoms with Crippen molar-refractivity contribution in [3.05, 3.63) is 34.3 Å². The summed E-state index contributed by atoms with van der Waals surface area (Å²) in [6, 6.07) is 7.77. The second kappa shape index (κ2) is 8.93. The maximum Gasteiger partial charge on any atom is 0.224 e. The predicted molar refractivity (Wildman–Crippen MR) is 90.5 cm³/mol. The summed E-state index contributed by atoms with van der Waals surface area (Å²) in [7, 11) is 0. The number of nitrogens with one attached hydrogen (secondary N) is 1. The smallest absolute Gasteiger partial charge is 0.224 e. The second-order valence-corrected chi connectivity index (χ2v) is 6.62. The van der Waals surface area contributed by atoms with Crippen LogP contribution in [0.25, 0.3) is 0 Å². The van der Waals surface area contributed by atoms with Crippen molar-refractivity contribution in [2.75, 3.05) is 19.6 Å². The number of amides is 2. The van der Waals surface area contributed by atoms with E-state index in [9.17, 15) is 9.59 Å². The quantitative estimate of drug-likeness (QED) is 0.786. The molecule has 1 fully saturated rings. The fraction of sp³-hybridized carbons (Fsp3) is 0.529. The van der Waals surface area contributed by atoms with E-state index in [1.165, 1.54) is 0 Å². The van der Waals surface area contributed by atoms with Crippen LogP contribution in [0.5, 0.6) is 0 Å². The summed E-state index contributed by atoms with van der Waals surface area (Å²) >= 11 is 3.40. The minimum Gasteiger partial charge on any atom is -0.356 e. The van der Waals surface area contributed by atoms with E-state index in [1.54, 1.807) is 0 Å². The Morgan fingerprint density at radius 3 is 2.95 bits per heavy atom. The lowest BCUT2D eigenvalue weighted by atomic mass is 10.1. The summed E-state index contributed by atoms with van der Waals surface area (Å²) in [5.74, 6) is 0.290. The first kappa shape index (κ1) is 17.0. The zero-order valence-electron chi connectivity index (χ0n) is 12.8. The number of rotatable bonds is 6. The first-order chi connectivity index (χ1) is 10.6. The zero-order chi connectivity index (χ0) is 15.8. The third-order valence-electron chi connectivity index (χ3n) is 3.85. The Morgan fingerprint density at radius 1 is 1.27 bits per heavy atom. The molecule has 0 unspecified atom stereocenters. The van der Waals surface area contributed by atoms with Crippen molar-refractivity contribution < 1.29 is 9.59 Å². The van der Waals surface area contributed by atoms with Gasteiger partial charge < -0.3 is 10.2 Å². The van der Waals surface area contributed by atoms with Crippen molar-refractivity contribution in [2.24, 2.45) is 0 Å². The van der Waals surface area contributed by atoms with Crippen LogP contribution in [0.1, 0.15) is 37.7 Å². The summed E-state index contributed by atoms with van der Waals surface area (Å²) in [6.45, 7) is 2.23. The molecule has 0 aromatic heterocycles. The van der Waals surface area contributed by atoms with E-state index in [4.69, 9.17) is 0 Å². The number of carbonyl (C=O) groups is 2. The second-order valence-electron chi connectivity index (χ2n) is 5.70. The number of hydrogen-bond donors (Lipinski definition) is 1. The average molecular weight is 367 g/mol. The molecule has 4 nitrogen and oxygen atoms in total. The summed E-state index contributed by atoms with van der Waals surface area (Å²) in [5, 5.41) is 2.93. The van der Waals surface area contributed by atoms with Crippen LogP contribution in [0.4, 0.5) is 0 Å². The number of likely N-dealkylation sites (tertiary alicyclic amines) is 1. The third-order valence-corrected chi connectivity index (χ3v) is 4.35. The molecule has 120 valence electrons. The highest BCUT2D eigenvalue weighted by atomic mass is 79.9. The van der Waals surface area contributed by atoms with Gasteiger partial charge in [0.2, 0.25) is 11.8 Å². The Labute approximate surface area is 140 Å². The molecule has 0 atom stereocenters. The van der Waals surface area contributed by atoms with Crippen LogP contribution in [0.3, 0.4) is 0 Å². The van der Waals surface area contributed by atoms with Crippen molar-refractivity contribution in [1.82, 2.24) is 10.2 Å². The Bertz CT molecular complexity index is 519. The van der Waals surface area contributed by atoms with Gasteiger partial charge in [0.15, 0.2) is 0 Å². The SMILES string of the molecule is O=C(Cc1cccc(Br)c1)NCCCN1CCCCCC1=O. The highest BCUT2D eigenvalue weighted by Gasteiger charge is 2.15. The van der Waals surface area contributed by atoms with Gasteiger partial charge in [0.1, 0.15) is 0 Å². The molecule has 1 aromatic rings. The van der Waals surface area contributed by atoms with E-state index in [0.717, 1.165) is 48.8 Å². The molecule has 2 rings (SSSR count). The number of halogens is 1. The summed E-state index contributed by atoms with van der Waals surface area (Å²) in [6.07, 6.45) is 5.14. The molecule has 5 heteroatoms. The average Bonchev–Trinajstić information content (AvgIpc) is 2.68. The van der Waals surface area contributed by atoms with Gasteiger partial charge in [0.25, 0.3) is 0 Å². The molecular formula is C17H23BrN2O2. The van der Waals surface area contributed by atoms with Crippen LogP contribution >= 0.6 is 15.9 Å². The molecule has 1 saturated heterocycles. The molecule has 1 heterocycles. The van der Waals surface area contributed by atoms with E-state index >= 15 is 0 Å². The number of nitrogens with zero attached hydrogens (tertiary/aromatic N) is 1. The van der Waals surface area contributed by atoms with Crippen molar-refractivity contribution in [3.63, 3.8) is 0 Å². The number of carbonyl (C=O) groups excluding carboxylic acids is 2. The molecule has 2 amide bonds. The van der Waals surface area contributed by atoms with Gasteiger partial charge in [0, 0.05) is 30.5 Å². The molecule has 0 saturated carbocycles. The van der Waals surface area contributed by atoms with Gasteiger partial charge >= 0.3 is 0 Å². The van der Waals surface area contributed by atoms with Crippen LogP contribution in [0.2, 0.25) is 0 Å². The fourth-order valence-corrected chi connectivity index (χ4v) is 3.11. The van der Waals surface area contributed by atoms with Gasteiger partial charge in [-0.1, -0.05) is 34.5 Å². The standard InChI is InChI=1S/C17H23BrN2O2/c18-15-7-4-6-14(12-15)13-16(21)19-9-5-11-20-10-3-1-2-8-17(20)22/h4,6-7,12H,1-3,5,8-11,13H2,(H,19,21). The van der Waals surface area contributed by atoms with Crippen molar-refractivity contribution in [3.8, 4) is 0 Å². The van der Waals surface area contributed by atoms with Crippen molar-refractivity contribution in [2.45, 2.75) is 38.5 Å². The Hall–Kier alpha value is -1.36. The van der Waals surface area contributed by atoms with E-state index in [2.05, 4.69) is 21.2 Å². The van der Waals surface area contributed by atoms with Gasteiger partial charge in [-0.25, -0.2) is 0 Å². The minimum atomic E-state index is 0.0280. The molecule has 22 heavy (non-hydrogen) atoms. The van der Waals surface area contributed by atoms with Crippen LogP contribution in [-0.2, 0) is 16.0 Å². The first-order valence-electron chi connectivity index (χ1n) is 7.94. The van der Waals surface area contributed by atoms with Crippen molar-refractivity contribution >= 4 is 27.7 Å². The van der Waals surface area contributed by atoms with E-state index < -0.39 is 0 Å². The van der Waals surface area contributed by atoms with E-state index in [-0.39, 0.29) is 11.8 Å². The van der Waals surface area contributed by atoms with E-state index in [0.29, 0.717) is 19.4 Å². The lowest BCUT2D eigenvalue weighted by Crippen LogP contribution is -2.34. The first-order valence-corrected chi connectivity index (χ1v) is 8.73. The van der Waals surface area contributed by atoms with Crippen LogP contribution in [0.15, 0.2) is 28.7 Å². The zero-order valence-corrected chi connectivity index (χ0v) is 14.4. The monoisotopic (exact) mass is 366 g/mol. The molecule has 0 bridgehead atoms. The van der Waals surface area contributed by atoms with Crippen LogP contribution in [-0.4, -0.2) is 36.3 Å². The molecule has 1 N–H and O–H groups in total. The summed E-state index contributed by atoms with van der Waals surface area (Å²) in [5.41, 5.74) is 0.995. The molecule has 0 aliphatic carbocycles.